The molecule has 146 valence electrons. The van der Waals surface area contributed by atoms with E-state index in [9.17, 15) is 4.79 Å². The van der Waals surface area contributed by atoms with Gasteiger partial charge < -0.3 is 23.9 Å². The molecule has 0 radical (unpaired) electrons. The highest BCUT2D eigenvalue weighted by Crippen LogP contribution is 2.29. The summed E-state index contributed by atoms with van der Waals surface area (Å²) in [6.07, 6.45) is 3.73. The maximum Gasteiger partial charge on any atom is 0.340 e. The van der Waals surface area contributed by atoms with E-state index in [2.05, 4.69) is 9.97 Å². The van der Waals surface area contributed by atoms with Crippen molar-refractivity contribution >= 4 is 29.2 Å². The van der Waals surface area contributed by atoms with E-state index in [0.717, 1.165) is 11.1 Å². The highest BCUT2D eigenvalue weighted by Gasteiger charge is 2.13. The molecule has 7 nitrogen and oxygen atoms in total. The molecular formula is C21H22N2O5. The molecular weight excluding hydrogens is 360 g/mol. The Morgan fingerprint density at radius 3 is 2.68 bits per heavy atom. The molecule has 0 saturated carbocycles. The second-order valence-electron chi connectivity index (χ2n) is 5.90. The second kappa shape index (κ2) is 9.05. The molecule has 7 heteroatoms. The minimum absolute atomic E-state index is 0.415. The Kier molecular flexibility index (Phi) is 6.29. The van der Waals surface area contributed by atoms with Crippen LogP contribution in [0.2, 0.25) is 0 Å². The summed E-state index contributed by atoms with van der Waals surface area (Å²) in [7, 11) is 4.57. The first-order chi connectivity index (χ1) is 13.7. The van der Waals surface area contributed by atoms with Crippen LogP contribution in [0.5, 0.6) is 11.5 Å². The van der Waals surface area contributed by atoms with Crippen LogP contribution in [0.3, 0.4) is 0 Å². The van der Waals surface area contributed by atoms with Crippen molar-refractivity contribution in [1.29, 1.82) is 0 Å². The number of rotatable bonds is 8. The lowest BCUT2D eigenvalue weighted by molar-refractivity contribution is 0.0603. The van der Waals surface area contributed by atoms with Gasteiger partial charge >= 0.3 is 5.97 Å². The van der Waals surface area contributed by atoms with Crippen LogP contribution in [0.25, 0.3) is 23.2 Å². The van der Waals surface area contributed by atoms with Crippen LogP contribution in [0, 0.1) is 0 Å². The Morgan fingerprint density at radius 2 is 1.93 bits per heavy atom. The first kappa shape index (κ1) is 19.4. The van der Waals surface area contributed by atoms with Crippen molar-refractivity contribution in [3.8, 4) is 11.5 Å². The van der Waals surface area contributed by atoms with Crippen molar-refractivity contribution in [3.05, 3.63) is 53.3 Å². The number of carbonyl (C=O) groups is 1. The van der Waals surface area contributed by atoms with Gasteiger partial charge in [0.15, 0.2) is 11.5 Å². The minimum atomic E-state index is -0.415. The molecule has 0 aliphatic heterocycles. The van der Waals surface area contributed by atoms with E-state index in [1.54, 1.807) is 26.4 Å². The van der Waals surface area contributed by atoms with E-state index in [0.29, 0.717) is 41.6 Å². The van der Waals surface area contributed by atoms with Gasteiger partial charge in [-0.15, -0.1) is 0 Å². The molecule has 0 spiro atoms. The maximum absolute atomic E-state index is 11.9. The summed E-state index contributed by atoms with van der Waals surface area (Å²) < 4.78 is 20.8. The summed E-state index contributed by atoms with van der Waals surface area (Å²) in [6.45, 7) is 0.952. The average Bonchev–Trinajstić information content (AvgIpc) is 3.15. The van der Waals surface area contributed by atoms with Crippen molar-refractivity contribution in [2.75, 3.05) is 34.5 Å². The molecule has 2 aromatic carbocycles. The standard InChI is InChI=1S/C21H22N2O5/c1-25-11-12-28-17-9-7-14(13-18(17)26-2)8-10-19-22-16-6-4-5-15(20(16)23-19)21(24)27-3/h4-10,13H,11-12H2,1-3H3,(H,22,23)/b10-8+. The molecule has 1 heterocycles. The third-order valence-electron chi connectivity index (χ3n) is 4.10. The Labute approximate surface area is 162 Å². The number of aromatic nitrogens is 2. The SMILES string of the molecule is COCCOc1ccc(/C=C/c2nc3c(C(=O)OC)cccc3[nH]2)cc1OC. The molecule has 0 atom stereocenters. The number of benzene rings is 2. The quantitative estimate of drug-likeness (QED) is 0.474. The zero-order valence-electron chi connectivity index (χ0n) is 16.0. The van der Waals surface area contributed by atoms with Crippen molar-refractivity contribution < 1.29 is 23.7 Å². The van der Waals surface area contributed by atoms with Crippen LogP contribution in [0.4, 0.5) is 0 Å². The second-order valence-corrected chi connectivity index (χ2v) is 5.90. The van der Waals surface area contributed by atoms with Gasteiger partial charge in [-0.05, 0) is 35.9 Å². The number of para-hydroxylation sites is 1. The van der Waals surface area contributed by atoms with Crippen LogP contribution < -0.4 is 9.47 Å². The largest absolute Gasteiger partial charge is 0.493 e. The number of ether oxygens (including phenoxy) is 4. The Balaban J connectivity index is 1.82. The van der Waals surface area contributed by atoms with Crippen LogP contribution >= 0.6 is 0 Å². The number of methoxy groups -OCH3 is 3. The number of nitrogens with one attached hydrogen (secondary N) is 1. The van der Waals surface area contributed by atoms with Gasteiger partial charge in [0.2, 0.25) is 0 Å². The first-order valence-electron chi connectivity index (χ1n) is 8.71. The molecule has 3 aromatic rings. The summed E-state index contributed by atoms with van der Waals surface area (Å²) in [5.41, 5.74) is 2.69. The monoisotopic (exact) mass is 382 g/mol. The highest BCUT2D eigenvalue weighted by atomic mass is 16.5. The number of nitrogens with zero attached hydrogens (tertiary/aromatic N) is 1. The smallest absolute Gasteiger partial charge is 0.340 e. The van der Waals surface area contributed by atoms with E-state index < -0.39 is 5.97 Å². The van der Waals surface area contributed by atoms with Crippen molar-refractivity contribution in [2.45, 2.75) is 0 Å². The molecule has 3 rings (SSSR count). The minimum Gasteiger partial charge on any atom is -0.493 e. The number of fused-ring (bicyclic) bond motifs is 1. The van der Waals surface area contributed by atoms with E-state index in [4.69, 9.17) is 18.9 Å². The Morgan fingerprint density at radius 1 is 1.07 bits per heavy atom. The number of H-pyrrole nitrogens is 1. The van der Waals surface area contributed by atoms with Gasteiger partial charge in [-0.1, -0.05) is 18.2 Å². The van der Waals surface area contributed by atoms with Crippen LogP contribution in [0.1, 0.15) is 21.7 Å². The van der Waals surface area contributed by atoms with Gasteiger partial charge in [0, 0.05) is 7.11 Å². The van der Waals surface area contributed by atoms with Crippen molar-refractivity contribution in [2.24, 2.45) is 0 Å². The normalized spacial score (nSPS) is 11.1. The molecule has 0 aliphatic carbocycles. The number of aromatic amines is 1. The number of hydrogen-bond donors (Lipinski definition) is 1. The van der Waals surface area contributed by atoms with Crippen molar-refractivity contribution in [3.63, 3.8) is 0 Å². The van der Waals surface area contributed by atoms with Gasteiger partial charge in [0.05, 0.1) is 31.9 Å². The molecule has 0 saturated heterocycles. The predicted octanol–water partition coefficient (Wildman–Crippen LogP) is 3.55. The zero-order chi connectivity index (χ0) is 19.9. The third kappa shape index (κ3) is 4.32. The van der Waals surface area contributed by atoms with Crippen LogP contribution in [0.15, 0.2) is 36.4 Å². The molecule has 0 bridgehead atoms. The van der Waals surface area contributed by atoms with Crippen LogP contribution in [-0.2, 0) is 9.47 Å². The van der Waals surface area contributed by atoms with Gasteiger partial charge in [0.25, 0.3) is 0 Å². The number of esters is 1. The number of carbonyl (C=O) groups excluding carboxylic acids is 1. The summed E-state index contributed by atoms with van der Waals surface area (Å²) in [6, 6.07) is 11.0. The lowest BCUT2D eigenvalue weighted by Gasteiger charge is -2.10. The zero-order valence-corrected chi connectivity index (χ0v) is 16.0. The van der Waals surface area contributed by atoms with Gasteiger partial charge in [-0.25, -0.2) is 9.78 Å². The third-order valence-corrected chi connectivity index (χ3v) is 4.10. The fourth-order valence-electron chi connectivity index (χ4n) is 2.72. The molecule has 0 fully saturated rings. The Bertz CT molecular complexity index is 994. The topological polar surface area (TPSA) is 82.7 Å². The van der Waals surface area contributed by atoms with Gasteiger partial charge in [-0.2, -0.15) is 0 Å². The molecule has 0 unspecified atom stereocenters. The summed E-state index contributed by atoms with van der Waals surface area (Å²) in [4.78, 5) is 19.6. The summed E-state index contributed by atoms with van der Waals surface area (Å²) in [5, 5.41) is 0. The average molecular weight is 382 g/mol. The summed E-state index contributed by atoms with van der Waals surface area (Å²) in [5.74, 6) is 1.51. The van der Waals surface area contributed by atoms with Gasteiger partial charge in [-0.3, -0.25) is 0 Å². The first-order valence-corrected chi connectivity index (χ1v) is 8.71. The summed E-state index contributed by atoms with van der Waals surface area (Å²) >= 11 is 0. The van der Waals surface area contributed by atoms with E-state index in [1.165, 1.54) is 7.11 Å². The number of imidazole rings is 1. The van der Waals surface area contributed by atoms with Crippen molar-refractivity contribution in [1.82, 2.24) is 9.97 Å². The lowest BCUT2D eigenvalue weighted by Crippen LogP contribution is -2.05. The highest BCUT2D eigenvalue weighted by molar-refractivity contribution is 6.02. The Hall–Kier alpha value is -3.32. The van der Waals surface area contributed by atoms with E-state index in [1.807, 2.05) is 36.4 Å². The molecule has 1 aromatic heterocycles. The predicted molar refractivity (Wildman–Crippen MR) is 107 cm³/mol. The molecule has 1 N–H and O–H groups in total. The fourth-order valence-corrected chi connectivity index (χ4v) is 2.72. The van der Waals surface area contributed by atoms with Gasteiger partial charge in [0.1, 0.15) is 17.9 Å². The van der Waals surface area contributed by atoms with E-state index >= 15 is 0 Å². The lowest BCUT2D eigenvalue weighted by atomic mass is 10.2. The molecule has 28 heavy (non-hydrogen) atoms. The number of hydrogen-bond acceptors (Lipinski definition) is 6. The van der Waals surface area contributed by atoms with E-state index in [-0.39, 0.29) is 0 Å². The fraction of sp³-hybridized carbons (Fsp3) is 0.238. The van der Waals surface area contributed by atoms with Crippen LogP contribution in [-0.4, -0.2) is 50.5 Å². The molecule has 0 amide bonds. The molecule has 0 aliphatic rings. The maximum atomic E-state index is 11.9.